The molecule has 9 heteroatoms. The Labute approximate surface area is 233 Å². The summed E-state index contributed by atoms with van der Waals surface area (Å²) in [6.45, 7) is 3.84. The number of amides is 1. The summed E-state index contributed by atoms with van der Waals surface area (Å²) in [5.74, 6) is 1.66. The van der Waals surface area contributed by atoms with Crippen LogP contribution in [-0.4, -0.2) is 45.4 Å². The molecule has 4 aromatic rings. The quantitative estimate of drug-likeness (QED) is 0.335. The molecule has 40 heavy (non-hydrogen) atoms. The number of aromatic nitrogens is 4. The largest absolute Gasteiger partial charge is 0.383 e. The summed E-state index contributed by atoms with van der Waals surface area (Å²) >= 11 is 0. The van der Waals surface area contributed by atoms with Crippen molar-refractivity contribution in [1.82, 2.24) is 25.1 Å². The maximum Gasteiger partial charge on any atom is 0.260 e. The molecule has 2 aliphatic rings. The lowest BCUT2D eigenvalue weighted by Gasteiger charge is -2.18. The van der Waals surface area contributed by atoms with Crippen LogP contribution in [0.5, 0.6) is 0 Å². The van der Waals surface area contributed by atoms with Gasteiger partial charge >= 0.3 is 0 Å². The molecular weight excluding hydrogens is 502 g/mol. The molecule has 0 radical (unpaired) electrons. The van der Waals surface area contributed by atoms with Gasteiger partial charge in [0.05, 0.1) is 24.8 Å². The molecule has 2 aromatic carbocycles. The fraction of sp³-hybridized carbons (Fsp3) is 0.323. The van der Waals surface area contributed by atoms with Gasteiger partial charge in [0.1, 0.15) is 12.1 Å². The first kappa shape index (κ1) is 25.9. The molecule has 1 atom stereocenters. The van der Waals surface area contributed by atoms with Crippen molar-refractivity contribution in [3.63, 3.8) is 0 Å². The van der Waals surface area contributed by atoms with Gasteiger partial charge in [-0.15, -0.1) is 10.2 Å². The normalized spacial score (nSPS) is 15.2. The maximum absolute atomic E-state index is 13.7. The zero-order chi connectivity index (χ0) is 27.8. The molecule has 0 spiro atoms. The Morgan fingerprint density at radius 3 is 2.70 bits per heavy atom. The first-order valence-corrected chi connectivity index (χ1v) is 13.5. The number of hydrogen-bond donors (Lipinski definition) is 1. The number of rotatable bonds is 9. The summed E-state index contributed by atoms with van der Waals surface area (Å²) in [4.78, 5) is 20.5. The average Bonchev–Trinajstić information content (AvgIpc) is 3.66. The summed E-state index contributed by atoms with van der Waals surface area (Å²) in [5, 5.41) is 21.4. The Balaban J connectivity index is 1.36. The zero-order valence-electron chi connectivity index (χ0n) is 22.9. The topological polar surface area (TPSA) is 109 Å². The zero-order valence-corrected chi connectivity index (χ0v) is 22.9. The SMILES string of the molecule is COCC(C)NCc1ccc2c(c1)C(=O)N(c1cc(-c3ccc(C#N)cc3-c3nncn3C)cc(C3CC3)n1)C2. The summed E-state index contributed by atoms with van der Waals surface area (Å²) < 4.78 is 7.05. The molecule has 1 aliphatic carbocycles. The van der Waals surface area contributed by atoms with Crippen molar-refractivity contribution in [2.24, 2.45) is 7.05 Å². The van der Waals surface area contributed by atoms with Gasteiger partial charge in [0.2, 0.25) is 0 Å². The van der Waals surface area contributed by atoms with Crippen molar-refractivity contribution in [3.8, 4) is 28.6 Å². The molecule has 1 unspecified atom stereocenters. The second-order valence-electron chi connectivity index (χ2n) is 10.7. The van der Waals surface area contributed by atoms with Gasteiger partial charge < -0.3 is 14.6 Å². The number of nitrogens with one attached hydrogen (secondary N) is 1. The highest BCUT2D eigenvalue weighted by Crippen LogP contribution is 2.43. The number of carbonyl (C=O) groups is 1. The summed E-state index contributed by atoms with van der Waals surface area (Å²) in [6, 6.07) is 18.2. The van der Waals surface area contributed by atoms with Crippen molar-refractivity contribution in [3.05, 3.63) is 82.8 Å². The van der Waals surface area contributed by atoms with Crippen molar-refractivity contribution in [2.45, 2.75) is 44.8 Å². The predicted molar refractivity (Wildman–Crippen MR) is 151 cm³/mol. The van der Waals surface area contributed by atoms with Crippen molar-refractivity contribution in [1.29, 1.82) is 5.26 Å². The van der Waals surface area contributed by atoms with Crippen LogP contribution in [0.25, 0.3) is 22.5 Å². The number of fused-ring (bicyclic) bond motifs is 1. The number of methoxy groups -OCH3 is 1. The van der Waals surface area contributed by atoms with Gasteiger partial charge in [0.25, 0.3) is 5.91 Å². The molecule has 1 aliphatic heterocycles. The number of hydrogen-bond acceptors (Lipinski definition) is 7. The molecule has 202 valence electrons. The van der Waals surface area contributed by atoms with E-state index in [1.54, 1.807) is 18.3 Å². The van der Waals surface area contributed by atoms with Gasteiger partial charge in [-0.2, -0.15) is 5.26 Å². The van der Waals surface area contributed by atoms with E-state index in [1.807, 2.05) is 48.0 Å². The van der Waals surface area contributed by atoms with Gasteiger partial charge in [0, 0.05) is 49.5 Å². The highest BCUT2D eigenvalue weighted by molar-refractivity contribution is 6.10. The highest BCUT2D eigenvalue weighted by atomic mass is 16.5. The van der Waals surface area contributed by atoms with E-state index < -0.39 is 0 Å². The number of pyridine rings is 1. The van der Waals surface area contributed by atoms with E-state index in [9.17, 15) is 10.1 Å². The average molecular weight is 534 g/mol. The molecule has 3 heterocycles. The van der Waals surface area contributed by atoms with Gasteiger partial charge in [-0.05, 0) is 72.4 Å². The third kappa shape index (κ3) is 4.99. The van der Waals surface area contributed by atoms with E-state index in [-0.39, 0.29) is 11.9 Å². The number of benzene rings is 2. The molecule has 6 rings (SSSR count). The number of anilines is 1. The van der Waals surface area contributed by atoms with Crippen molar-refractivity contribution >= 4 is 11.7 Å². The van der Waals surface area contributed by atoms with Crippen LogP contribution in [0.3, 0.4) is 0 Å². The second-order valence-corrected chi connectivity index (χ2v) is 10.7. The minimum Gasteiger partial charge on any atom is -0.383 e. The van der Waals surface area contributed by atoms with Crippen LogP contribution < -0.4 is 10.2 Å². The Morgan fingerprint density at radius 2 is 1.98 bits per heavy atom. The van der Waals surface area contributed by atoms with E-state index in [0.29, 0.717) is 42.8 Å². The standard InChI is InChI=1S/C31H31N7O2/c1-19(17-40-3)33-15-21-4-6-23-16-38(31(39)26(23)11-21)29-13-24(12-28(35-29)22-7-8-22)25-9-5-20(14-32)10-27(25)30-36-34-18-37(30)2/h4-6,9-13,18-19,22,33H,7-8,15-17H2,1-3H3. The third-order valence-corrected chi connectivity index (χ3v) is 7.57. The van der Waals surface area contributed by atoms with Gasteiger partial charge in [-0.25, -0.2) is 4.98 Å². The van der Waals surface area contributed by atoms with Crippen molar-refractivity contribution in [2.75, 3.05) is 18.6 Å². The summed E-state index contributed by atoms with van der Waals surface area (Å²) in [5.41, 5.74) is 6.98. The predicted octanol–water partition coefficient (Wildman–Crippen LogP) is 4.58. The molecule has 1 N–H and O–H groups in total. The van der Waals surface area contributed by atoms with Gasteiger partial charge in [0.15, 0.2) is 5.82 Å². The van der Waals surface area contributed by atoms with Crippen LogP contribution in [0.1, 0.15) is 58.4 Å². The third-order valence-electron chi connectivity index (χ3n) is 7.57. The number of nitrogens with zero attached hydrogens (tertiary/aromatic N) is 6. The first-order chi connectivity index (χ1) is 19.4. The van der Waals surface area contributed by atoms with Crippen molar-refractivity contribution < 1.29 is 9.53 Å². The molecule has 2 aromatic heterocycles. The molecule has 1 amide bonds. The van der Waals surface area contributed by atoms with Gasteiger partial charge in [-0.3, -0.25) is 9.69 Å². The lowest BCUT2D eigenvalue weighted by Crippen LogP contribution is -2.29. The van der Waals surface area contributed by atoms with E-state index in [4.69, 9.17) is 9.72 Å². The summed E-state index contributed by atoms with van der Waals surface area (Å²) in [7, 11) is 3.57. The van der Waals surface area contributed by atoms with Crippen LogP contribution in [0.4, 0.5) is 5.82 Å². The molecule has 0 bridgehead atoms. The smallest absolute Gasteiger partial charge is 0.260 e. The Morgan fingerprint density at radius 1 is 1.12 bits per heavy atom. The number of carbonyl (C=O) groups excluding carboxylic acids is 1. The molecule has 0 saturated heterocycles. The number of ether oxygens (including phenoxy) is 1. The molecule has 9 nitrogen and oxygen atoms in total. The lowest BCUT2D eigenvalue weighted by atomic mass is 9.96. The Kier molecular flexibility index (Phi) is 6.88. The highest BCUT2D eigenvalue weighted by Gasteiger charge is 2.32. The Bertz CT molecular complexity index is 1630. The Hall–Kier alpha value is -4.39. The van der Waals surface area contributed by atoms with Crippen LogP contribution in [0, 0.1) is 11.3 Å². The van der Waals surface area contributed by atoms with Crippen LogP contribution in [0.15, 0.2) is 54.9 Å². The fourth-order valence-corrected chi connectivity index (χ4v) is 5.24. The van der Waals surface area contributed by atoms with E-state index in [1.165, 1.54) is 0 Å². The molecular formula is C31H31N7O2. The van der Waals surface area contributed by atoms with E-state index in [0.717, 1.165) is 51.9 Å². The minimum atomic E-state index is -0.0402. The van der Waals surface area contributed by atoms with Gasteiger partial charge in [-0.1, -0.05) is 18.2 Å². The van der Waals surface area contributed by atoms with E-state index in [2.05, 4.69) is 40.6 Å². The van der Waals surface area contributed by atoms with Crippen LogP contribution >= 0.6 is 0 Å². The number of aryl methyl sites for hydroxylation is 1. The van der Waals surface area contributed by atoms with E-state index >= 15 is 0 Å². The number of nitriles is 1. The fourth-order valence-electron chi connectivity index (χ4n) is 5.24. The molecule has 1 saturated carbocycles. The second kappa shape index (κ2) is 10.6. The van der Waals surface area contributed by atoms with Crippen LogP contribution in [0.2, 0.25) is 0 Å². The minimum absolute atomic E-state index is 0.0402. The maximum atomic E-state index is 13.7. The first-order valence-electron chi connectivity index (χ1n) is 13.5. The summed E-state index contributed by atoms with van der Waals surface area (Å²) in [6.07, 6.45) is 3.82. The lowest BCUT2D eigenvalue weighted by molar-refractivity contribution is 0.0996. The van der Waals surface area contributed by atoms with Crippen LogP contribution in [-0.2, 0) is 24.9 Å². The monoisotopic (exact) mass is 533 g/mol. The molecule has 1 fully saturated rings.